The minimum absolute atomic E-state index is 0.278. The SMILES string of the molecule is CC/C(=C(\C)OC(C)=O)N(C(C)=O)C(C)=O. The average molecular weight is 227 g/mol. The largest absolute Gasteiger partial charge is 0.430 e. The first kappa shape index (κ1) is 14.3. The van der Waals surface area contributed by atoms with Crippen LogP contribution in [0.15, 0.2) is 11.5 Å². The molecule has 0 rings (SSSR count). The van der Waals surface area contributed by atoms with E-state index in [9.17, 15) is 14.4 Å². The van der Waals surface area contributed by atoms with Crippen LogP contribution in [0.5, 0.6) is 0 Å². The molecule has 0 bridgehead atoms. The minimum Gasteiger partial charge on any atom is -0.430 e. The van der Waals surface area contributed by atoms with Crippen molar-refractivity contribution in [2.24, 2.45) is 0 Å². The van der Waals surface area contributed by atoms with E-state index < -0.39 is 17.8 Å². The third kappa shape index (κ3) is 3.84. The normalized spacial score (nSPS) is 11.6. The number of ether oxygens (including phenoxy) is 1. The Hall–Kier alpha value is -1.65. The Kier molecular flexibility index (Phi) is 5.42. The highest BCUT2D eigenvalue weighted by molar-refractivity contribution is 5.95. The van der Waals surface area contributed by atoms with Crippen LogP contribution in [-0.4, -0.2) is 22.7 Å². The summed E-state index contributed by atoms with van der Waals surface area (Å²) in [6.45, 7) is 7.18. The van der Waals surface area contributed by atoms with Crippen LogP contribution in [0.25, 0.3) is 0 Å². The molecule has 0 aromatic carbocycles. The molecule has 0 fully saturated rings. The van der Waals surface area contributed by atoms with E-state index in [4.69, 9.17) is 4.74 Å². The summed E-state index contributed by atoms with van der Waals surface area (Å²) in [5.41, 5.74) is 0.412. The van der Waals surface area contributed by atoms with Crippen molar-refractivity contribution in [3.05, 3.63) is 11.5 Å². The predicted molar refractivity (Wildman–Crippen MR) is 58.0 cm³/mol. The van der Waals surface area contributed by atoms with Crippen LogP contribution >= 0.6 is 0 Å². The van der Waals surface area contributed by atoms with Crippen molar-refractivity contribution in [3.8, 4) is 0 Å². The molecule has 0 aliphatic rings. The lowest BCUT2D eigenvalue weighted by Crippen LogP contribution is -2.33. The van der Waals surface area contributed by atoms with Gasteiger partial charge in [-0.1, -0.05) is 6.92 Å². The molecule has 16 heavy (non-hydrogen) atoms. The molecule has 5 heteroatoms. The van der Waals surface area contributed by atoms with E-state index in [1.807, 2.05) is 0 Å². The van der Waals surface area contributed by atoms with E-state index in [0.29, 0.717) is 12.1 Å². The molecule has 0 spiro atoms. The quantitative estimate of drug-likeness (QED) is 0.542. The highest BCUT2D eigenvalue weighted by Gasteiger charge is 2.20. The second-order valence-electron chi connectivity index (χ2n) is 3.32. The van der Waals surface area contributed by atoms with Gasteiger partial charge in [0.25, 0.3) is 0 Å². The third-order valence-electron chi connectivity index (χ3n) is 1.94. The number of nitrogens with zero attached hydrogens (tertiary/aromatic N) is 1. The number of allylic oxidation sites excluding steroid dienone is 2. The number of carbonyl (C=O) groups is 3. The van der Waals surface area contributed by atoms with Gasteiger partial charge in [0, 0.05) is 20.8 Å². The molecule has 0 radical (unpaired) electrons. The molecule has 0 unspecified atom stereocenters. The Morgan fingerprint density at radius 2 is 1.44 bits per heavy atom. The average Bonchev–Trinajstić information content (AvgIpc) is 2.10. The molecule has 0 saturated carbocycles. The summed E-state index contributed by atoms with van der Waals surface area (Å²) in [4.78, 5) is 34.4. The van der Waals surface area contributed by atoms with Crippen LogP contribution in [0.1, 0.15) is 41.0 Å². The van der Waals surface area contributed by atoms with Crippen molar-refractivity contribution in [3.63, 3.8) is 0 Å². The van der Waals surface area contributed by atoms with Crippen molar-refractivity contribution in [2.75, 3.05) is 0 Å². The smallest absolute Gasteiger partial charge is 0.307 e. The fourth-order valence-corrected chi connectivity index (χ4v) is 1.44. The van der Waals surface area contributed by atoms with Gasteiger partial charge in [0.15, 0.2) is 0 Å². The summed E-state index contributed by atoms with van der Waals surface area (Å²) in [7, 11) is 0. The number of rotatable bonds is 3. The summed E-state index contributed by atoms with van der Waals surface area (Å²) >= 11 is 0. The molecule has 0 atom stereocenters. The molecule has 90 valence electrons. The summed E-state index contributed by atoms with van der Waals surface area (Å²) < 4.78 is 4.88. The van der Waals surface area contributed by atoms with Crippen LogP contribution in [0.2, 0.25) is 0 Å². The fourth-order valence-electron chi connectivity index (χ4n) is 1.44. The number of amides is 2. The van der Waals surface area contributed by atoms with Gasteiger partial charge in [-0.15, -0.1) is 0 Å². The summed E-state index contributed by atoms with van der Waals surface area (Å²) in [5.74, 6) is -0.984. The second-order valence-corrected chi connectivity index (χ2v) is 3.32. The zero-order chi connectivity index (χ0) is 12.9. The van der Waals surface area contributed by atoms with Gasteiger partial charge in [-0.2, -0.15) is 0 Å². The van der Waals surface area contributed by atoms with Crippen molar-refractivity contribution in [1.82, 2.24) is 4.90 Å². The van der Waals surface area contributed by atoms with E-state index in [1.54, 1.807) is 13.8 Å². The van der Waals surface area contributed by atoms with E-state index >= 15 is 0 Å². The van der Waals surface area contributed by atoms with Gasteiger partial charge >= 0.3 is 5.97 Å². The minimum atomic E-state index is -0.476. The maximum atomic E-state index is 11.3. The van der Waals surface area contributed by atoms with Gasteiger partial charge < -0.3 is 4.74 Å². The fraction of sp³-hybridized carbons (Fsp3) is 0.545. The Morgan fingerprint density at radius 1 is 1.00 bits per heavy atom. The molecule has 0 heterocycles. The van der Waals surface area contributed by atoms with Crippen molar-refractivity contribution in [1.29, 1.82) is 0 Å². The molecular weight excluding hydrogens is 210 g/mol. The highest BCUT2D eigenvalue weighted by atomic mass is 16.5. The Labute approximate surface area is 95.1 Å². The monoisotopic (exact) mass is 227 g/mol. The zero-order valence-corrected chi connectivity index (χ0v) is 10.3. The lowest BCUT2D eigenvalue weighted by molar-refractivity contribution is -0.142. The zero-order valence-electron chi connectivity index (χ0n) is 10.3. The first-order valence-electron chi connectivity index (χ1n) is 5.00. The number of imide groups is 1. The third-order valence-corrected chi connectivity index (χ3v) is 1.94. The van der Waals surface area contributed by atoms with Crippen molar-refractivity contribution in [2.45, 2.75) is 41.0 Å². The number of esters is 1. The summed E-state index contributed by atoms with van der Waals surface area (Å²) in [6, 6.07) is 0. The van der Waals surface area contributed by atoms with Gasteiger partial charge in [0.05, 0.1) is 5.70 Å². The number of carbonyl (C=O) groups excluding carboxylic acids is 3. The summed E-state index contributed by atoms with van der Waals surface area (Å²) in [6.07, 6.45) is 0.429. The number of hydrogen-bond donors (Lipinski definition) is 0. The van der Waals surface area contributed by atoms with Gasteiger partial charge in [-0.05, 0) is 13.3 Å². The van der Waals surface area contributed by atoms with Crippen LogP contribution in [0.4, 0.5) is 0 Å². The topological polar surface area (TPSA) is 63.7 Å². The number of hydrogen-bond acceptors (Lipinski definition) is 4. The molecule has 0 aliphatic heterocycles. The van der Waals surface area contributed by atoms with Gasteiger partial charge in [-0.25, -0.2) is 0 Å². The lowest BCUT2D eigenvalue weighted by atomic mass is 10.2. The Morgan fingerprint density at radius 3 is 1.69 bits per heavy atom. The van der Waals surface area contributed by atoms with Crippen LogP contribution in [-0.2, 0) is 19.1 Å². The van der Waals surface area contributed by atoms with Gasteiger partial charge in [-0.3, -0.25) is 19.3 Å². The van der Waals surface area contributed by atoms with Crippen molar-refractivity contribution >= 4 is 17.8 Å². The van der Waals surface area contributed by atoms with E-state index in [-0.39, 0.29) is 5.76 Å². The van der Waals surface area contributed by atoms with Crippen LogP contribution in [0, 0.1) is 0 Å². The van der Waals surface area contributed by atoms with Crippen LogP contribution < -0.4 is 0 Å². The molecule has 0 aliphatic carbocycles. The first-order valence-corrected chi connectivity index (χ1v) is 5.00. The second kappa shape index (κ2) is 6.05. The van der Waals surface area contributed by atoms with E-state index in [0.717, 1.165) is 4.90 Å². The molecule has 0 aromatic heterocycles. The molecule has 0 aromatic rings. The standard InChI is InChI=1S/C11H17NO4/c1-6-11(7(2)16-10(5)15)12(8(3)13)9(4)14/h6H2,1-5H3/b11-7-. The first-order chi connectivity index (χ1) is 7.31. The Bertz CT molecular complexity index is 330. The molecule has 5 nitrogen and oxygen atoms in total. The molecule has 0 N–H and O–H groups in total. The molecule has 2 amide bonds. The summed E-state index contributed by atoms with van der Waals surface area (Å²) in [5, 5.41) is 0. The maximum Gasteiger partial charge on any atom is 0.307 e. The van der Waals surface area contributed by atoms with Crippen molar-refractivity contribution < 1.29 is 19.1 Å². The van der Waals surface area contributed by atoms with Crippen LogP contribution in [0.3, 0.4) is 0 Å². The highest BCUT2D eigenvalue weighted by Crippen LogP contribution is 2.16. The molecular formula is C11H17NO4. The Balaban J connectivity index is 5.29. The van der Waals surface area contributed by atoms with Gasteiger partial charge in [0.1, 0.15) is 5.76 Å². The van der Waals surface area contributed by atoms with E-state index in [1.165, 1.54) is 20.8 Å². The molecule has 0 saturated heterocycles. The maximum absolute atomic E-state index is 11.3. The predicted octanol–water partition coefficient (Wildman–Crippen LogP) is 1.59. The van der Waals surface area contributed by atoms with Gasteiger partial charge in [0.2, 0.25) is 11.8 Å². The lowest BCUT2D eigenvalue weighted by Gasteiger charge is -2.21. The van der Waals surface area contributed by atoms with E-state index in [2.05, 4.69) is 0 Å².